The van der Waals surface area contributed by atoms with Gasteiger partial charge in [-0.1, -0.05) is 61.7 Å². The first-order chi connectivity index (χ1) is 15.9. The molecule has 0 aliphatic heterocycles. The normalized spacial score (nSPS) is 45.1. The van der Waals surface area contributed by atoms with Crippen LogP contribution in [0.25, 0.3) is 0 Å². The highest BCUT2D eigenvalue weighted by Crippen LogP contribution is 2.73. The average Bonchev–Trinajstić information content (AvgIpc) is 3.00. The Morgan fingerprint density at radius 2 is 1.97 bits per heavy atom. The summed E-state index contributed by atoms with van der Waals surface area (Å²) in [5.74, 6) is -0.457. The van der Waals surface area contributed by atoms with Crippen LogP contribution in [0.1, 0.15) is 72.6 Å². The molecule has 0 N–H and O–H groups in total. The van der Waals surface area contributed by atoms with Crippen molar-refractivity contribution in [3.63, 3.8) is 0 Å². The van der Waals surface area contributed by atoms with E-state index in [-0.39, 0.29) is 40.6 Å². The molecule has 4 rings (SSSR count). The van der Waals surface area contributed by atoms with E-state index < -0.39 is 26.7 Å². The second kappa shape index (κ2) is 9.03. The zero-order valence-electron chi connectivity index (χ0n) is 20.5. The molecule has 0 aromatic heterocycles. The van der Waals surface area contributed by atoms with Gasteiger partial charge < -0.3 is 4.74 Å². The van der Waals surface area contributed by atoms with Crippen molar-refractivity contribution < 1.29 is 19.1 Å². The van der Waals surface area contributed by atoms with E-state index in [9.17, 15) is 14.4 Å². The number of unbranched alkanes of at least 4 members (excludes halogenated alkanes) is 1. The van der Waals surface area contributed by atoms with Gasteiger partial charge in [-0.3, -0.25) is 14.4 Å². The Balaban J connectivity index is 1.80. The van der Waals surface area contributed by atoms with Crippen molar-refractivity contribution in [1.82, 2.24) is 0 Å². The summed E-state index contributed by atoms with van der Waals surface area (Å²) in [7, 11) is 0. The van der Waals surface area contributed by atoms with Crippen LogP contribution in [0, 0.1) is 28.6 Å². The zero-order valence-corrected chi connectivity index (χ0v) is 23.6. The molecule has 0 unspecified atom stereocenters. The fourth-order valence-electron chi connectivity index (χ4n) is 7.98. The highest BCUT2D eigenvalue weighted by Gasteiger charge is 2.76. The monoisotopic (exact) mass is 572 g/mol. The Hall–Kier alpha value is -0.650. The summed E-state index contributed by atoms with van der Waals surface area (Å²) in [5.41, 5.74) is -1.35. The first-order valence-corrected chi connectivity index (χ1v) is 14.4. The largest absolute Gasteiger partial charge is 0.450 e. The molecule has 3 saturated carbocycles. The zero-order chi connectivity index (χ0) is 25.1. The Kier molecular flexibility index (Phi) is 7.01. The average molecular weight is 574 g/mol. The lowest BCUT2D eigenvalue weighted by atomic mass is 9.46. The van der Waals surface area contributed by atoms with Crippen LogP contribution in [0.4, 0.5) is 0 Å². The molecule has 8 atom stereocenters. The number of hydrogen-bond donors (Lipinski definition) is 0. The molecule has 3 fully saturated rings. The van der Waals surface area contributed by atoms with Crippen LogP contribution in [0.5, 0.6) is 0 Å². The molecule has 34 heavy (non-hydrogen) atoms. The van der Waals surface area contributed by atoms with Gasteiger partial charge in [0, 0.05) is 23.2 Å². The number of Topliss-reactive ketones (excluding diaryl/α,β-unsaturated/α-hetero) is 1. The van der Waals surface area contributed by atoms with E-state index in [2.05, 4.69) is 29.8 Å². The van der Waals surface area contributed by atoms with E-state index >= 15 is 0 Å². The van der Waals surface area contributed by atoms with Crippen LogP contribution >= 0.6 is 39.1 Å². The number of ketones is 2. The maximum atomic E-state index is 13.6. The number of alkyl halides is 3. The topological polar surface area (TPSA) is 60.4 Å². The van der Waals surface area contributed by atoms with Gasteiger partial charge in [0.05, 0.1) is 15.6 Å². The van der Waals surface area contributed by atoms with Crippen molar-refractivity contribution in [2.75, 3.05) is 5.33 Å². The summed E-state index contributed by atoms with van der Waals surface area (Å²) in [6, 6.07) is 0. The van der Waals surface area contributed by atoms with Gasteiger partial charge in [0.25, 0.3) is 0 Å². The smallest absolute Gasteiger partial charge is 0.306 e. The molecule has 4 aliphatic rings. The summed E-state index contributed by atoms with van der Waals surface area (Å²) in [6.45, 7) is 8.25. The maximum Gasteiger partial charge on any atom is 0.306 e. The van der Waals surface area contributed by atoms with Gasteiger partial charge in [0.1, 0.15) is 0 Å². The van der Waals surface area contributed by atoms with Gasteiger partial charge in [0.15, 0.2) is 17.2 Å². The molecule has 0 radical (unpaired) electrons. The highest BCUT2D eigenvalue weighted by molar-refractivity contribution is 9.09. The second-order valence-corrected chi connectivity index (χ2v) is 12.9. The van der Waals surface area contributed by atoms with E-state index in [1.807, 2.05) is 19.9 Å². The number of allylic oxidation sites excluding steroid dienone is 4. The third kappa shape index (κ3) is 3.39. The maximum absolute atomic E-state index is 13.6. The number of carbonyl (C=O) groups is 3. The lowest BCUT2D eigenvalue weighted by Crippen LogP contribution is -2.68. The standard InChI is InChI=1S/C27H35BrCl2O4/c1-5-6-7-23(33)34-27(22(32)15-28)16(2)12-20-19-9-8-17-13-18(31)10-11-24(17,3)26(19,30)21(29)14-25(20,27)4/h10-11,13,16,19-21H,5-9,12,14-15H2,1-4H3/t16-,19+,20+,21+,24+,25+,26+,27-/m1/s1. The third-order valence-electron chi connectivity index (χ3n) is 9.68. The highest BCUT2D eigenvalue weighted by atomic mass is 79.9. The fraction of sp³-hybridized carbons (Fsp3) is 0.741. The van der Waals surface area contributed by atoms with Gasteiger partial charge >= 0.3 is 5.97 Å². The predicted molar refractivity (Wildman–Crippen MR) is 138 cm³/mol. The molecular formula is C27H35BrCl2O4. The van der Waals surface area contributed by atoms with Crippen molar-refractivity contribution in [2.24, 2.45) is 28.6 Å². The summed E-state index contributed by atoms with van der Waals surface area (Å²) in [4.78, 5) is 37.9. The van der Waals surface area contributed by atoms with Crippen molar-refractivity contribution in [3.05, 3.63) is 23.8 Å². The van der Waals surface area contributed by atoms with Crippen molar-refractivity contribution in [1.29, 1.82) is 0 Å². The number of ether oxygens (including phenoxy) is 1. The summed E-state index contributed by atoms with van der Waals surface area (Å²) < 4.78 is 6.26. The molecule has 0 amide bonds. The second-order valence-electron chi connectivity index (χ2n) is 11.2. The fourth-order valence-corrected chi connectivity index (χ4v) is 9.63. The van der Waals surface area contributed by atoms with Gasteiger partial charge in [-0.2, -0.15) is 0 Å². The summed E-state index contributed by atoms with van der Waals surface area (Å²) in [6.07, 6.45) is 9.98. The SMILES string of the molecule is CCCCC(=O)O[C@@]1(C(=O)CBr)[C@H](C)C[C@H]2[C@@H]3CCC4=CC(=O)C=C[C@]4(C)[C@@]3(Cl)[C@@H](Cl)C[C@@]21C. The molecule has 0 spiro atoms. The number of esters is 1. The molecule has 188 valence electrons. The lowest BCUT2D eigenvalue weighted by molar-refractivity contribution is -0.192. The number of rotatable bonds is 6. The lowest BCUT2D eigenvalue weighted by Gasteiger charge is -2.64. The van der Waals surface area contributed by atoms with Crippen LogP contribution in [-0.2, 0) is 19.1 Å². The number of fused-ring (bicyclic) bond motifs is 5. The molecule has 0 aromatic carbocycles. The van der Waals surface area contributed by atoms with Crippen LogP contribution < -0.4 is 0 Å². The molecule has 7 heteroatoms. The Morgan fingerprint density at radius 3 is 2.62 bits per heavy atom. The quantitative estimate of drug-likeness (QED) is 0.267. The minimum absolute atomic E-state index is 0.00613. The molecule has 4 nitrogen and oxygen atoms in total. The minimum atomic E-state index is -1.23. The van der Waals surface area contributed by atoms with Crippen LogP contribution in [0.3, 0.4) is 0 Å². The molecule has 0 bridgehead atoms. The predicted octanol–water partition coefficient (Wildman–Crippen LogP) is 6.56. The van der Waals surface area contributed by atoms with Gasteiger partial charge in [0.2, 0.25) is 0 Å². The molecule has 0 aromatic rings. The minimum Gasteiger partial charge on any atom is -0.450 e. The Bertz CT molecular complexity index is 962. The number of carbonyl (C=O) groups excluding carboxylic acids is 3. The van der Waals surface area contributed by atoms with E-state index in [0.29, 0.717) is 12.8 Å². The molecule has 4 aliphatic carbocycles. The molecule has 0 saturated heterocycles. The molecule has 0 heterocycles. The number of halogens is 3. The van der Waals surface area contributed by atoms with Gasteiger partial charge in [-0.25, -0.2) is 0 Å². The van der Waals surface area contributed by atoms with Crippen LogP contribution in [0.2, 0.25) is 0 Å². The first kappa shape index (κ1) is 26.4. The van der Waals surface area contributed by atoms with Crippen LogP contribution in [-0.4, -0.2) is 38.7 Å². The van der Waals surface area contributed by atoms with Crippen molar-refractivity contribution in [3.8, 4) is 0 Å². The Morgan fingerprint density at radius 1 is 1.26 bits per heavy atom. The van der Waals surface area contributed by atoms with Crippen molar-refractivity contribution >= 4 is 56.7 Å². The van der Waals surface area contributed by atoms with Gasteiger partial charge in [-0.15, -0.1) is 23.2 Å². The van der Waals surface area contributed by atoms with E-state index in [1.165, 1.54) is 0 Å². The van der Waals surface area contributed by atoms with Crippen molar-refractivity contribution in [2.45, 2.75) is 88.5 Å². The third-order valence-corrected chi connectivity index (χ3v) is 11.7. The van der Waals surface area contributed by atoms with Gasteiger partial charge in [-0.05, 0) is 56.1 Å². The van der Waals surface area contributed by atoms with E-state index in [1.54, 1.807) is 12.2 Å². The first-order valence-electron chi connectivity index (χ1n) is 12.5. The summed E-state index contributed by atoms with van der Waals surface area (Å²) >= 11 is 18.2. The van der Waals surface area contributed by atoms with Crippen LogP contribution in [0.15, 0.2) is 23.8 Å². The Labute approximate surface area is 221 Å². The molecular weight excluding hydrogens is 539 g/mol. The number of hydrogen-bond acceptors (Lipinski definition) is 4. The summed E-state index contributed by atoms with van der Waals surface area (Å²) in [5, 5.41) is -0.339. The van der Waals surface area contributed by atoms with E-state index in [4.69, 9.17) is 27.9 Å². The van der Waals surface area contributed by atoms with E-state index in [0.717, 1.165) is 37.7 Å².